The summed E-state index contributed by atoms with van der Waals surface area (Å²) in [5, 5.41) is 12.7. The predicted molar refractivity (Wildman–Crippen MR) is 84.7 cm³/mol. The minimum absolute atomic E-state index is 0.00939. The smallest absolute Gasteiger partial charge is 0.229 e. The molecule has 0 atom stereocenters. The summed E-state index contributed by atoms with van der Waals surface area (Å²) in [6, 6.07) is 0. The number of nitrogens with zero attached hydrogens (tertiary/aromatic N) is 3. The Balaban J connectivity index is 1.50. The van der Waals surface area contributed by atoms with Crippen molar-refractivity contribution in [2.24, 2.45) is 11.8 Å². The lowest BCUT2D eigenvalue weighted by Gasteiger charge is -2.32. The van der Waals surface area contributed by atoms with E-state index in [0.29, 0.717) is 24.1 Å². The molecule has 1 saturated heterocycles. The van der Waals surface area contributed by atoms with E-state index in [9.17, 15) is 9.59 Å². The van der Waals surface area contributed by atoms with E-state index in [0.717, 1.165) is 17.8 Å². The molecule has 2 fully saturated rings. The standard InChI is InChI=1S/C15H22N4O2S/c1-9(2)14(21)19-7-5-10(6-8-19)12(20)16-15-18-17-13(22-15)11-3-4-11/h9-11H,3-8H2,1-2H3,(H,16,18,20). The van der Waals surface area contributed by atoms with Gasteiger partial charge in [-0.05, 0) is 25.7 Å². The third-order valence-electron chi connectivity index (χ3n) is 4.27. The topological polar surface area (TPSA) is 75.2 Å². The van der Waals surface area contributed by atoms with Crippen molar-refractivity contribution in [3.8, 4) is 0 Å². The Bertz CT molecular complexity index is 560. The van der Waals surface area contributed by atoms with Gasteiger partial charge in [-0.1, -0.05) is 25.2 Å². The Morgan fingerprint density at radius 2 is 1.86 bits per heavy atom. The minimum atomic E-state index is -0.0375. The molecule has 1 N–H and O–H groups in total. The van der Waals surface area contributed by atoms with E-state index in [1.807, 2.05) is 18.7 Å². The highest BCUT2D eigenvalue weighted by Crippen LogP contribution is 2.42. The van der Waals surface area contributed by atoms with Crippen molar-refractivity contribution in [1.82, 2.24) is 15.1 Å². The van der Waals surface area contributed by atoms with Crippen LogP contribution in [-0.4, -0.2) is 40.0 Å². The number of anilines is 1. The molecule has 120 valence electrons. The number of amides is 2. The van der Waals surface area contributed by atoms with E-state index in [1.54, 1.807) is 0 Å². The summed E-state index contributed by atoms with van der Waals surface area (Å²) in [5.74, 6) is 0.734. The molecule has 2 aliphatic rings. The minimum Gasteiger partial charge on any atom is -0.342 e. The van der Waals surface area contributed by atoms with E-state index >= 15 is 0 Å². The molecule has 1 saturated carbocycles. The van der Waals surface area contributed by atoms with Crippen molar-refractivity contribution in [3.05, 3.63) is 5.01 Å². The molecule has 0 bridgehead atoms. The number of carbonyl (C=O) groups excluding carboxylic acids is 2. The number of nitrogens with one attached hydrogen (secondary N) is 1. The quantitative estimate of drug-likeness (QED) is 0.922. The van der Waals surface area contributed by atoms with Crippen LogP contribution in [0.15, 0.2) is 0 Å². The molecule has 1 aliphatic heterocycles. The van der Waals surface area contributed by atoms with Crippen LogP contribution in [0.1, 0.15) is 50.5 Å². The van der Waals surface area contributed by atoms with E-state index in [4.69, 9.17) is 0 Å². The molecule has 6 nitrogen and oxygen atoms in total. The molecule has 7 heteroatoms. The fraction of sp³-hybridized carbons (Fsp3) is 0.733. The SMILES string of the molecule is CC(C)C(=O)N1CCC(C(=O)Nc2nnc(C3CC3)s2)CC1. The van der Waals surface area contributed by atoms with Gasteiger partial charge >= 0.3 is 0 Å². The van der Waals surface area contributed by atoms with Gasteiger partial charge < -0.3 is 10.2 Å². The Labute approximate surface area is 134 Å². The second-order valence-electron chi connectivity index (χ2n) is 6.46. The number of likely N-dealkylation sites (tertiary alicyclic amines) is 1. The Morgan fingerprint density at radius 3 is 2.45 bits per heavy atom. The Hall–Kier alpha value is -1.50. The third-order valence-corrected chi connectivity index (χ3v) is 5.27. The molecule has 22 heavy (non-hydrogen) atoms. The second kappa shape index (κ2) is 6.32. The lowest BCUT2D eigenvalue weighted by Crippen LogP contribution is -2.43. The molecule has 1 aliphatic carbocycles. The third kappa shape index (κ3) is 3.45. The van der Waals surface area contributed by atoms with Crippen LogP contribution in [0.3, 0.4) is 0 Å². The van der Waals surface area contributed by atoms with Crippen LogP contribution in [-0.2, 0) is 9.59 Å². The highest BCUT2D eigenvalue weighted by molar-refractivity contribution is 7.15. The molecule has 2 heterocycles. The monoisotopic (exact) mass is 322 g/mol. The summed E-state index contributed by atoms with van der Waals surface area (Å²) in [6.45, 7) is 5.15. The number of hydrogen-bond donors (Lipinski definition) is 1. The molecule has 0 radical (unpaired) electrons. The van der Waals surface area contributed by atoms with E-state index in [1.165, 1.54) is 24.2 Å². The van der Waals surface area contributed by atoms with Gasteiger partial charge in [-0.25, -0.2) is 0 Å². The molecule has 2 amide bonds. The normalized spacial score (nSPS) is 19.5. The van der Waals surface area contributed by atoms with Crippen LogP contribution >= 0.6 is 11.3 Å². The van der Waals surface area contributed by atoms with Crippen LogP contribution in [0.4, 0.5) is 5.13 Å². The molecule has 0 spiro atoms. The fourth-order valence-corrected chi connectivity index (χ4v) is 3.63. The Kier molecular flexibility index (Phi) is 4.42. The highest BCUT2D eigenvalue weighted by atomic mass is 32.1. The zero-order chi connectivity index (χ0) is 15.7. The Morgan fingerprint density at radius 1 is 1.18 bits per heavy atom. The lowest BCUT2D eigenvalue weighted by molar-refractivity contribution is -0.137. The summed E-state index contributed by atoms with van der Waals surface area (Å²) in [6.07, 6.45) is 3.81. The second-order valence-corrected chi connectivity index (χ2v) is 7.47. The zero-order valence-electron chi connectivity index (χ0n) is 13.0. The van der Waals surface area contributed by atoms with Gasteiger partial charge in [0.15, 0.2) is 0 Å². The van der Waals surface area contributed by atoms with E-state index < -0.39 is 0 Å². The van der Waals surface area contributed by atoms with Crippen molar-refractivity contribution in [2.45, 2.75) is 45.4 Å². The maximum Gasteiger partial charge on any atom is 0.229 e. The van der Waals surface area contributed by atoms with Crippen LogP contribution in [0.25, 0.3) is 0 Å². The average molecular weight is 322 g/mol. The van der Waals surface area contributed by atoms with Crippen molar-refractivity contribution in [3.63, 3.8) is 0 Å². The highest BCUT2D eigenvalue weighted by Gasteiger charge is 2.30. The maximum atomic E-state index is 12.3. The van der Waals surface area contributed by atoms with Crippen molar-refractivity contribution < 1.29 is 9.59 Å². The maximum absolute atomic E-state index is 12.3. The van der Waals surface area contributed by atoms with Gasteiger partial charge in [-0.3, -0.25) is 9.59 Å². The first-order valence-electron chi connectivity index (χ1n) is 7.97. The van der Waals surface area contributed by atoms with Crippen molar-refractivity contribution >= 4 is 28.3 Å². The van der Waals surface area contributed by atoms with Gasteiger partial charge in [0.1, 0.15) is 5.01 Å². The summed E-state index contributed by atoms with van der Waals surface area (Å²) in [5.41, 5.74) is 0. The van der Waals surface area contributed by atoms with Crippen LogP contribution in [0.5, 0.6) is 0 Å². The van der Waals surface area contributed by atoms with Gasteiger partial charge in [-0.15, -0.1) is 10.2 Å². The first-order valence-corrected chi connectivity index (χ1v) is 8.79. The fourth-order valence-electron chi connectivity index (χ4n) is 2.72. The predicted octanol–water partition coefficient (Wildman–Crippen LogP) is 2.25. The van der Waals surface area contributed by atoms with Gasteiger partial charge in [0.25, 0.3) is 0 Å². The van der Waals surface area contributed by atoms with E-state index in [2.05, 4.69) is 15.5 Å². The van der Waals surface area contributed by atoms with Crippen LogP contribution in [0.2, 0.25) is 0 Å². The number of rotatable bonds is 4. The first-order chi connectivity index (χ1) is 10.5. The van der Waals surface area contributed by atoms with Crippen LogP contribution in [0, 0.1) is 11.8 Å². The van der Waals surface area contributed by atoms with Gasteiger partial charge in [-0.2, -0.15) is 0 Å². The van der Waals surface area contributed by atoms with Gasteiger partial charge in [0.2, 0.25) is 16.9 Å². The molecule has 0 unspecified atom stereocenters. The molecule has 1 aromatic heterocycles. The number of piperidine rings is 1. The summed E-state index contributed by atoms with van der Waals surface area (Å²) in [4.78, 5) is 26.1. The van der Waals surface area contributed by atoms with Gasteiger partial charge in [0.05, 0.1) is 0 Å². The molecule has 3 rings (SSSR count). The van der Waals surface area contributed by atoms with Crippen LogP contribution < -0.4 is 5.32 Å². The number of aromatic nitrogens is 2. The zero-order valence-corrected chi connectivity index (χ0v) is 13.9. The number of hydrogen-bond acceptors (Lipinski definition) is 5. The summed E-state index contributed by atoms with van der Waals surface area (Å²) < 4.78 is 0. The molecular formula is C15H22N4O2S. The summed E-state index contributed by atoms with van der Waals surface area (Å²) in [7, 11) is 0. The summed E-state index contributed by atoms with van der Waals surface area (Å²) >= 11 is 1.49. The first kappa shape index (κ1) is 15.4. The number of carbonyl (C=O) groups is 2. The molecule has 1 aromatic rings. The van der Waals surface area contributed by atoms with Crippen molar-refractivity contribution in [2.75, 3.05) is 18.4 Å². The van der Waals surface area contributed by atoms with Crippen molar-refractivity contribution in [1.29, 1.82) is 0 Å². The molecule has 0 aromatic carbocycles. The molecular weight excluding hydrogens is 300 g/mol. The largest absolute Gasteiger partial charge is 0.342 e. The average Bonchev–Trinajstić information content (AvgIpc) is 3.27. The van der Waals surface area contributed by atoms with Gasteiger partial charge in [0, 0.05) is 30.8 Å². The lowest BCUT2D eigenvalue weighted by atomic mass is 9.95. The van der Waals surface area contributed by atoms with E-state index in [-0.39, 0.29) is 23.7 Å².